The lowest BCUT2D eigenvalue weighted by Crippen LogP contribution is -2.39. The van der Waals surface area contributed by atoms with Crippen molar-refractivity contribution in [1.29, 1.82) is 0 Å². The summed E-state index contributed by atoms with van der Waals surface area (Å²) in [4.78, 5) is 14.7. The quantitative estimate of drug-likeness (QED) is 0.880. The van der Waals surface area contributed by atoms with Gasteiger partial charge in [-0.1, -0.05) is 6.07 Å². The predicted octanol–water partition coefficient (Wildman–Crippen LogP) is 2.90. The number of hydrogen-bond acceptors (Lipinski definition) is 4. The van der Waals surface area contributed by atoms with Crippen LogP contribution in [0.4, 0.5) is 5.69 Å². The van der Waals surface area contributed by atoms with Crippen molar-refractivity contribution in [1.82, 2.24) is 4.90 Å². The number of anilines is 1. The number of rotatable bonds is 4. The molecule has 0 spiro atoms. The van der Waals surface area contributed by atoms with Gasteiger partial charge in [-0.15, -0.1) is 0 Å². The monoisotopic (exact) mass is 346 g/mol. The molecule has 2 heterocycles. The number of nitrogens with one attached hydrogen (secondary N) is 1. The molecule has 2 fully saturated rings. The number of aliphatic hydroxyl groups is 1. The normalized spacial score (nSPS) is 28.0. The van der Waals surface area contributed by atoms with E-state index in [0.29, 0.717) is 12.0 Å². The van der Waals surface area contributed by atoms with Crippen molar-refractivity contribution in [3.8, 4) is 0 Å². The number of nitrogens with zero attached hydrogens (tertiary/aromatic N) is 1. The zero-order chi connectivity index (χ0) is 17.8. The second-order valence-electron chi connectivity index (χ2n) is 7.57. The standard InChI is InChI=1S/C20H30N2O3/c1-14-10-19(11-15(2)25-14)21-18-5-3-4-17(12-18)20(24)22-8-6-16(13-23)7-9-22/h3-5,12,14-16,19,21,23H,6-11,13H2,1-2H3. The molecular weight excluding hydrogens is 316 g/mol. The number of carbonyl (C=O) groups is 1. The molecule has 2 N–H and O–H groups in total. The van der Waals surface area contributed by atoms with E-state index in [2.05, 4.69) is 19.2 Å². The minimum Gasteiger partial charge on any atom is -0.396 e. The zero-order valence-electron chi connectivity index (χ0n) is 15.3. The van der Waals surface area contributed by atoms with Gasteiger partial charge in [0, 0.05) is 37.0 Å². The molecule has 2 atom stereocenters. The van der Waals surface area contributed by atoms with Gasteiger partial charge in [0.05, 0.1) is 12.2 Å². The average molecular weight is 346 g/mol. The second kappa shape index (κ2) is 8.19. The molecule has 0 bridgehead atoms. The molecule has 0 radical (unpaired) electrons. The van der Waals surface area contributed by atoms with Crippen molar-refractivity contribution < 1.29 is 14.6 Å². The molecule has 1 amide bonds. The third kappa shape index (κ3) is 4.73. The van der Waals surface area contributed by atoms with E-state index in [4.69, 9.17) is 4.74 Å². The first-order valence-corrected chi connectivity index (χ1v) is 9.47. The highest BCUT2D eigenvalue weighted by atomic mass is 16.5. The average Bonchev–Trinajstić information content (AvgIpc) is 2.60. The molecule has 2 unspecified atom stereocenters. The molecule has 2 aliphatic heterocycles. The summed E-state index contributed by atoms with van der Waals surface area (Å²) in [6, 6.07) is 8.21. The zero-order valence-corrected chi connectivity index (χ0v) is 15.3. The fraction of sp³-hybridized carbons (Fsp3) is 0.650. The van der Waals surface area contributed by atoms with E-state index < -0.39 is 0 Å². The molecule has 2 aliphatic rings. The van der Waals surface area contributed by atoms with Crippen LogP contribution in [-0.2, 0) is 4.74 Å². The van der Waals surface area contributed by atoms with Gasteiger partial charge in [-0.3, -0.25) is 4.79 Å². The second-order valence-corrected chi connectivity index (χ2v) is 7.57. The Morgan fingerprint density at radius 2 is 1.92 bits per heavy atom. The minimum absolute atomic E-state index is 0.0914. The predicted molar refractivity (Wildman–Crippen MR) is 98.8 cm³/mol. The van der Waals surface area contributed by atoms with Crippen molar-refractivity contribution in [3.63, 3.8) is 0 Å². The first kappa shape index (κ1) is 18.2. The van der Waals surface area contributed by atoms with Gasteiger partial charge in [-0.2, -0.15) is 0 Å². The lowest BCUT2D eigenvalue weighted by Gasteiger charge is -2.33. The number of hydrogen-bond donors (Lipinski definition) is 2. The fourth-order valence-electron chi connectivity index (χ4n) is 4.00. The van der Waals surface area contributed by atoms with Crippen LogP contribution in [0.5, 0.6) is 0 Å². The lowest BCUT2D eigenvalue weighted by atomic mass is 9.97. The van der Waals surface area contributed by atoms with Crippen molar-refractivity contribution in [2.45, 2.75) is 57.8 Å². The first-order valence-electron chi connectivity index (χ1n) is 9.47. The number of aliphatic hydroxyl groups excluding tert-OH is 1. The van der Waals surface area contributed by atoms with Gasteiger partial charge in [0.1, 0.15) is 0 Å². The SMILES string of the molecule is CC1CC(Nc2cccc(C(=O)N3CCC(CO)CC3)c2)CC(C)O1. The number of amides is 1. The molecule has 0 aromatic heterocycles. The Morgan fingerprint density at radius 3 is 2.56 bits per heavy atom. The lowest BCUT2D eigenvalue weighted by molar-refractivity contribution is -0.0337. The number of likely N-dealkylation sites (tertiary alicyclic amines) is 1. The third-order valence-corrected chi connectivity index (χ3v) is 5.34. The highest BCUT2D eigenvalue weighted by Gasteiger charge is 2.25. The van der Waals surface area contributed by atoms with Gasteiger partial charge in [0.25, 0.3) is 5.91 Å². The van der Waals surface area contributed by atoms with Crippen molar-refractivity contribution in [2.75, 3.05) is 25.0 Å². The van der Waals surface area contributed by atoms with Gasteiger partial charge in [0.2, 0.25) is 0 Å². The highest BCUT2D eigenvalue weighted by Crippen LogP contribution is 2.24. The van der Waals surface area contributed by atoms with Crippen LogP contribution in [0.1, 0.15) is 49.9 Å². The summed E-state index contributed by atoms with van der Waals surface area (Å²) in [5, 5.41) is 12.8. The number of ether oxygens (including phenoxy) is 1. The van der Waals surface area contributed by atoms with Crippen LogP contribution < -0.4 is 5.32 Å². The maximum Gasteiger partial charge on any atom is 0.253 e. The fourth-order valence-corrected chi connectivity index (χ4v) is 4.00. The molecule has 5 nitrogen and oxygen atoms in total. The summed E-state index contributed by atoms with van der Waals surface area (Å²) < 4.78 is 5.79. The smallest absolute Gasteiger partial charge is 0.253 e. The molecule has 5 heteroatoms. The Hall–Kier alpha value is -1.59. The van der Waals surface area contributed by atoms with E-state index in [1.54, 1.807) is 0 Å². The first-order chi connectivity index (χ1) is 12.0. The molecule has 0 aliphatic carbocycles. The van der Waals surface area contributed by atoms with Crippen molar-refractivity contribution >= 4 is 11.6 Å². The number of carbonyl (C=O) groups excluding carboxylic acids is 1. The molecule has 1 aromatic carbocycles. The Balaban J connectivity index is 1.62. The molecule has 1 aromatic rings. The van der Waals surface area contributed by atoms with Gasteiger partial charge < -0.3 is 20.1 Å². The summed E-state index contributed by atoms with van der Waals surface area (Å²) in [7, 11) is 0. The molecule has 138 valence electrons. The number of piperidine rings is 1. The Morgan fingerprint density at radius 1 is 1.24 bits per heavy atom. The maximum atomic E-state index is 12.8. The number of benzene rings is 1. The summed E-state index contributed by atoms with van der Waals surface area (Å²) in [6.45, 7) is 5.91. The van der Waals surface area contributed by atoms with E-state index in [1.165, 1.54) is 0 Å². The Labute approximate surface area is 150 Å². The van der Waals surface area contributed by atoms with E-state index in [0.717, 1.165) is 50.0 Å². The summed E-state index contributed by atoms with van der Waals surface area (Å²) >= 11 is 0. The van der Waals surface area contributed by atoms with Crippen molar-refractivity contribution in [3.05, 3.63) is 29.8 Å². The molecular formula is C20H30N2O3. The van der Waals surface area contributed by atoms with Crippen molar-refractivity contribution in [2.24, 2.45) is 5.92 Å². The van der Waals surface area contributed by atoms with Crippen LogP contribution in [0, 0.1) is 5.92 Å². The summed E-state index contributed by atoms with van der Waals surface area (Å²) in [5.74, 6) is 0.434. The summed E-state index contributed by atoms with van der Waals surface area (Å²) in [6.07, 6.45) is 4.27. The van der Waals surface area contributed by atoms with Gasteiger partial charge in [-0.25, -0.2) is 0 Å². The van der Waals surface area contributed by atoms with Crippen LogP contribution >= 0.6 is 0 Å². The third-order valence-electron chi connectivity index (χ3n) is 5.34. The largest absolute Gasteiger partial charge is 0.396 e. The van der Waals surface area contributed by atoms with E-state index in [1.807, 2.05) is 29.2 Å². The minimum atomic E-state index is 0.0914. The Kier molecular flexibility index (Phi) is 5.97. The molecule has 25 heavy (non-hydrogen) atoms. The molecule has 3 rings (SSSR count). The van der Waals surface area contributed by atoms with Crippen LogP contribution in [0.2, 0.25) is 0 Å². The van der Waals surface area contributed by atoms with E-state index in [9.17, 15) is 9.90 Å². The highest BCUT2D eigenvalue weighted by molar-refractivity contribution is 5.95. The summed E-state index contributed by atoms with van der Waals surface area (Å²) in [5.41, 5.74) is 1.74. The molecule has 0 saturated carbocycles. The van der Waals surface area contributed by atoms with Crippen LogP contribution in [0.25, 0.3) is 0 Å². The topological polar surface area (TPSA) is 61.8 Å². The van der Waals surface area contributed by atoms with E-state index in [-0.39, 0.29) is 24.7 Å². The van der Waals surface area contributed by atoms with Gasteiger partial charge >= 0.3 is 0 Å². The van der Waals surface area contributed by atoms with Gasteiger partial charge in [0.15, 0.2) is 0 Å². The molecule has 2 saturated heterocycles. The maximum absolute atomic E-state index is 12.8. The van der Waals surface area contributed by atoms with Crippen LogP contribution in [0.15, 0.2) is 24.3 Å². The van der Waals surface area contributed by atoms with Crippen LogP contribution in [-0.4, -0.2) is 53.9 Å². The Bertz CT molecular complexity index is 574. The van der Waals surface area contributed by atoms with Crippen LogP contribution in [0.3, 0.4) is 0 Å². The van der Waals surface area contributed by atoms with E-state index >= 15 is 0 Å². The van der Waals surface area contributed by atoms with Gasteiger partial charge in [-0.05, 0) is 63.6 Å².